The third-order valence-corrected chi connectivity index (χ3v) is 6.25. The molecule has 1 saturated carbocycles. The number of aliphatic imine (C=N–C) groups is 1. The predicted molar refractivity (Wildman–Crippen MR) is 145 cm³/mol. The van der Waals surface area contributed by atoms with Gasteiger partial charge in [-0.05, 0) is 73.4 Å². The number of hydrogen-bond donors (Lipinski definition) is 1. The molecule has 1 N–H and O–H groups in total. The van der Waals surface area contributed by atoms with Gasteiger partial charge in [-0.3, -0.25) is 4.99 Å². The van der Waals surface area contributed by atoms with Gasteiger partial charge in [0, 0.05) is 50.7 Å². The first-order valence-electron chi connectivity index (χ1n) is 11.9. The lowest BCUT2D eigenvalue weighted by molar-refractivity contribution is 0.361. The second-order valence-electron chi connectivity index (χ2n) is 9.16. The van der Waals surface area contributed by atoms with Crippen LogP contribution in [0.25, 0.3) is 22.4 Å². The molecule has 1 heterocycles. The van der Waals surface area contributed by atoms with Crippen LogP contribution in [0.3, 0.4) is 0 Å². The van der Waals surface area contributed by atoms with Crippen molar-refractivity contribution in [3.63, 3.8) is 0 Å². The first-order valence-corrected chi connectivity index (χ1v) is 11.9. The Labute approximate surface area is 199 Å². The van der Waals surface area contributed by atoms with E-state index in [9.17, 15) is 0 Å². The van der Waals surface area contributed by atoms with Gasteiger partial charge in [-0.25, -0.2) is 4.98 Å². The number of anilines is 1. The average Bonchev–Trinajstić information content (AvgIpc) is 2.82. The van der Waals surface area contributed by atoms with Crippen LogP contribution in [0.5, 0.6) is 0 Å². The van der Waals surface area contributed by atoms with Crippen molar-refractivity contribution < 1.29 is 0 Å². The summed E-state index contributed by atoms with van der Waals surface area (Å²) >= 11 is 0. The standard InChI is InChI=1S/C29H38N4/c1-7-22(19-30-4)27-16-17-28(32-29(27)31-26-14-12-21(3)13-15-26)25-11-9-10-24(18-25)23(8-2)20-33(5)6/h7-11,16-21,26H,2,12-15H2,1,3-6H3,(H,31,32)/b22-7+,23-20+,30-19-. The largest absolute Gasteiger partial charge is 0.383 e. The highest BCUT2D eigenvalue weighted by Gasteiger charge is 2.20. The van der Waals surface area contributed by atoms with Gasteiger partial charge in [0.05, 0.1) is 5.69 Å². The maximum atomic E-state index is 5.13. The summed E-state index contributed by atoms with van der Waals surface area (Å²) in [6.07, 6.45) is 12.9. The van der Waals surface area contributed by atoms with Gasteiger partial charge < -0.3 is 10.2 Å². The van der Waals surface area contributed by atoms with Gasteiger partial charge in [0.25, 0.3) is 0 Å². The van der Waals surface area contributed by atoms with Crippen LogP contribution in [0.15, 0.2) is 66.3 Å². The number of hydrogen-bond acceptors (Lipinski definition) is 4. The zero-order valence-corrected chi connectivity index (χ0v) is 20.8. The van der Waals surface area contributed by atoms with E-state index in [4.69, 9.17) is 4.98 Å². The van der Waals surface area contributed by atoms with Crippen LogP contribution in [-0.2, 0) is 0 Å². The van der Waals surface area contributed by atoms with E-state index in [1.54, 1.807) is 0 Å². The molecule has 1 fully saturated rings. The SMILES string of the molecule is C=C/C(=C\N(C)C)c1cccc(-c2ccc(C(/C=N\C)=C/C)c(NC3CCC(C)CC3)n2)c1. The number of aromatic nitrogens is 1. The molecule has 0 bridgehead atoms. The third-order valence-electron chi connectivity index (χ3n) is 6.25. The van der Waals surface area contributed by atoms with Crippen LogP contribution in [0.1, 0.15) is 50.7 Å². The normalized spacial score (nSPS) is 19.5. The number of benzene rings is 1. The molecule has 4 heteroatoms. The summed E-state index contributed by atoms with van der Waals surface area (Å²) in [6, 6.07) is 13.3. The molecule has 3 rings (SSSR count). The molecule has 0 spiro atoms. The fourth-order valence-corrected chi connectivity index (χ4v) is 4.38. The van der Waals surface area contributed by atoms with Crippen molar-refractivity contribution in [1.29, 1.82) is 0 Å². The Morgan fingerprint density at radius 3 is 2.52 bits per heavy atom. The fourth-order valence-electron chi connectivity index (χ4n) is 4.38. The number of allylic oxidation sites excluding steroid dienone is 4. The van der Waals surface area contributed by atoms with Crippen LogP contribution in [0.4, 0.5) is 5.82 Å². The van der Waals surface area contributed by atoms with E-state index < -0.39 is 0 Å². The van der Waals surface area contributed by atoms with E-state index in [-0.39, 0.29) is 0 Å². The van der Waals surface area contributed by atoms with Gasteiger partial charge >= 0.3 is 0 Å². The van der Waals surface area contributed by atoms with Gasteiger partial charge in [-0.1, -0.05) is 43.9 Å². The summed E-state index contributed by atoms with van der Waals surface area (Å²) in [7, 11) is 5.86. The molecule has 0 atom stereocenters. The van der Waals surface area contributed by atoms with Crippen LogP contribution in [-0.4, -0.2) is 43.3 Å². The van der Waals surface area contributed by atoms with Crippen molar-refractivity contribution in [1.82, 2.24) is 9.88 Å². The van der Waals surface area contributed by atoms with Crippen molar-refractivity contribution in [2.45, 2.75) is 45.6 Å². The maximum Gasteiger partial charge on any atom is 0.134 e. The van der Waals surface area contributed by atoms with Crippen LogP contribution < -0.4 is 5.32 Å². The Bertz CT molecular complexity index is 1040. The van der Waals surface area contributed by atoms with Crippen LogP contribution in [0, 0.1) is 5.92 Å². The van der Waals surface area contributed by atoms with E-state index in [1.165, 1.54) is 25.7 Å². The van der Waals surface area contributed by atoms with Gasteiger partial charge in [-0.2, -0.15) is 0 Å². The molecular formula is C29H38N4. The zero-order chi connectivity index (χ0) is 23.8. The van der Waals surface area contributed by atoms with E-state index in [2.05, 4.69) is 72.5 Å². The smallest absolute Gasteiger partial charge is 0.134 e. The number of rotatable bonds is 8. The molecule has 0 radical (unpaired) electrons. The number of nitrogens with zero attached hydrogens (tertiary/aromatic N) is 3. The number of nitrogens with one attached hydrogen (secondary N) is 1. The van der Waals surface area contributed by atoms with Gasteiger partial charge in [-0.15, -0.1) is 0 Å². The summed E-state index contributed by atoms with van der Waals surface area (Å²) < 4.78 is 0. The fraction of sp³-hybridized carbons (Fsp3) is 0.379. The first kappa shape index (κ1) is 24.5. The van der Waals surface area contributed by atoms with E-state index in [0.29, 0.717) is 6.04 Å². The molecule has 0 aliphatic heterocycles. The van der Waals surface area contributed by atoms with Crippen molar-refractivity contribution in [3.05, 3.63) is 72.5 Å². The minimum atomic E-state index is 0.459. The third kappa shape index (κ3) is 6.44. The highest BCUT2D eigenvalue weighted by Crippen LogP contribution is 2.31. The van der Waals surface area contributed by atoms with Gasteiger partial charge in [0.1, 0.15) is 5.82 Å². The molecule has 33 heavy (non-hydrogen) atoms. The molecule has 1 aliphatic carbocycles. The molecule has 1 aromatic heterocycles. The van der Waals surface area contributed by atoms with Crippen molar-refractivity contribution in [3.8, 4) is 11.3 Å². The van der Waals surface area contributed by atoms with Crippen molar-refractivity contribution in [2.75, 3.05) is 26.5 Å². The van der Waals surface area contributed by atoms with Crippen LogP contribution >= 0.6 is 0 Å². The molecule has 1 aromatic carbocycles. The summed E-state index contributed by atoms with van der Waals surface area (Å²) in [5, 5.41) is 3.78. The molecule has 1 aliphatic rings. The van der Waals surface area contributed by atoms with Gasteiger partial charge in [0.15, 0.2) is 0 Å². The average molecular weight is 443 g/mol. The van der Waals surface area contributed by atoms with E-state index in [0.717, 1.165) is 45.3 Å². The maximum absolute atomic E-state index is 5.13. The molecular weight excluding hydrogens is 404 g/mol. The minimum Gasteiger partial charge on any atom is -0.383 e. The topological polar surface area (TPSA) is 40.5 Å². The Morgan fingerprint density at radius 2 is 1.88 bits per heavy atom. The second-order valence-corrected chi connectivity index (χ2v) is 9.16. The lowest BCUT2D eigenvalue weighted by Gasteiger charge is -2.28. The quantitative estimate of drug-likeness (QED) is 0.356. The lowest BCUT2D eigenvalue weighted by atomic mass is 9.87. The van der Waals surface area contributed by atoms with E-state index >= 15 is 0 Å². The second kappa shape index (κ2) is 11.6. The Morgan fingerprint density at radius 1 is 1.12 bits per heavy atom. The van der Waals surface area contributed by atoms with Gasteiger partial charge in [0.2, 0.25) is 0 Å². The monoisotopic (exact) mass is 442 g/mol. The van der Waals surface area contributed by atoms with Crippen LogP contribution in [0.2, 0.25) is 0 Å². The molecule has 0 saturated heterocycles. The van der Waals surface area contributed by atoms with Crippen molar-refractivity contribution in [2.24, 2.45) is 10.9 Å². The molecule has 0 amide bonds. The lowest BCUT2D eigenvalue weighted by Crippen LogP contribution is -2.26. The Kier molecular flexibility index (Phi) is 8.65. The summed E-state index contributed by atoms with van der Waals surface area (Å²) in [6.45, 7) is 8.40. The summed E-state index contributed by atoms with van der Waals surface area (Å²) in [4.78, 5) is 11.4. The van der Waals surface area contributed by atoms with Crippen molar-refractivity contribution >= 4 is 23.2 Å². The van der Waals surface area contributed by atoms with E-state index in [1.807, 2.05) is 45.3 Å². The molecule has 4 nitrogen and oxygen atoms in total. The summed E-state index contributed by atoms with van der Waals surface area (Å²) in [5.41, 5.74) is 6.45. The Hall–Kier alpha value is -3.14. The minimum absolute atomic E-state index is 0.459. The Balaban J connectivity index is 2.01. The number of pyridine rings is 1. The highest BCUT2D eigenvalue weighted by atomic mass is 15.0. The zero-order valence-electron chi connectivity index (χ0n) is 20.8. The summed E-state index contributed by atoms with van der Waals surface area (Å²) in [5.74, 6) is 1.76. The first-order chi connectivity index (χ1) is 15.9. The predicted octanol–water partition coefficient (Wildman–Crippen LogP) is 6.93. The highest BCUT2D eigenvalue weighted by molar-refractivity contribution is 6.11. The molecule has 0 unspecified atom stereocenters. The molecule has 174 valence electrons. The molecule has 2 aromatic rings.